The number of benzene rings is 1. The number of anilines is 1. The van der Waals surface area contributed by atoms with Gasteiger partial charge in [-0.2, -0.15) is 11.8 Å². The number of rotatable bonds is 9. The summed E-state index contributed by atoms with van der Waals surface area (Å²) in [5.41, 5.74) is 1.79. The third kappa shape index (κ3) is 6.33. The first-order valence-corrected chi connectivity index (χ1v) is 8.55. The Kier molecular flexibility index (Phi) is 8.19. The number of nitrogens with one attached hydrogen (secondary N) is 2. The molecule has 0 bridgehead atoms. The van der Waals surface area contributed by atoms with Crippen LogP contribution in [0.4, 0.5) is 5.69 Å². The van der Waals surface area contributed by atoms with Gasteiger partial charge < -0.3 is 10.6 Å². The molecular weight excluding hydrogens is 268 g/mol. The maximum Gasteiger partial charge on any atom is 0.251 e. The Balaban J connectivity index is 2.42. The van der Waals surface area contributed by atoms with Gasteiger partial charge in [0.25, 0.3) is 5.91 Å². The van der Waals surface area contributed by atoms with Crippen molar-refractivity contribution in [1.29, 1.82) is 0 Å². The van der Waals surface area contributed by atoms with Crippen LogP contribution in [-0.2, 0) is 0 Å². The van der Waals surface area contributed by atoms with Gasteiger partial charge in [-0.1, -0.05) is 13.8 Å². The second kappa shape index (κ2) is 9.70. The van der Waals surface area contributed by atoms with Crippen molar-refractivity contribution >= 4 is 23.4 Å². The van der Waals surface area contributed by atoms with Crippen molar-refractivity contribution in [2.75, 3.05) is 23.4 Å². The first-order chi connectivity index (χ1) is 9.67. The van der Waals surface area contributed by atoms with Gasteiger partial charge in [-0.15, -0.1) is 0 Å². The highest BCUT2D eigenvalue weighted by Gasteiger charge is 2.09. The lowest BCUT2D eigenvalue weighted by molar-refractivity contribution is 0.0939. The van der Waals surface area contributed by atoms with Crippen molar-refractivity contribution in [2.24, 2.45) is 0 Å². The highest BCUT2D eigenvalue weighted by Crippen LogP contribution is 2.10. The van der Waals surface area contributed by atoms with Crippen LogP contribution in [0.15, 0.2) is 24.3 Å². The monoisotopic (exact) mass is 294 g/mol. The molecule has 0 aliphatic rings. The maximum atomic E-state index is 12.1. The molecule has 1 aromatic rings. The minimum absolute atomic E-state index is 0.0149. The molecule has 4 heteroatoms. The fraction of sp³-hybridized carbons (Fsp3) is 0.562. The summed E-state index contributed by atoms with van der Waals surface area (Å²) in [6.45, 7) is 7.30. The van der Waals surface area contributed by atoms with E-state index in [0.717, 1.165) is 42.1 Å². The Hall–Kier alpha value is -1.16. The molecule has 1 amide bonds. The Morgan fingerprint density at radius 3 is 2.55 bits per heavy atom. The molecule has 3 nitrogen and oxygen atoms in total. The smallest absolute Gasteiger partial charge is 0.251 e. The highest BCUT2D eigenvalue weighted by atomic mass is 32.2. The van der Waals surface area contributed by atoms with Crippen LogP contribution in [0.3, 0.4) is 0 Å². The molecule has 0 heterocycles. The lowest BCUT2D eigenvalue weighted by Gasteiger charge is -2.14. The molecule has 0 aromatic heterocycles. The van der Waals surface area contributed by atoms with Crippen LogP contribution in [0.25, 0.3) is 0 Å². The van der Waals surface area contributed by atoms with Crippen molar-refractivity contribution < 1.29 is 4.79 Å². The zero-order valence-electron chi connectivity index (χ0n) is 12.7. The first-order valence-electron chi connectivity index (χ1n) is 7.39. The van der Waals surface area contributed by atoms with Crippen molar-refractivity contribution in [3.63, 3.8) is 0 Å². The van der Waals surface area contributed by atoms with Gasteiger partial charge in [0.2, 0.25) is 0 Å². The van der Waals surface area contributed by atoms with E-state index < -0.39 is 0 Å². The molecule has 0 radical (unpaired) electrons. The quantitative estimate of drug-likeness (QED) is 0.681. The van der Waals surface area contributed by atoms with Gasteiger partial charge in [0, 0.05) is 23.8 Å². The predicted octanol–water partition coefficient (Wildman–Crippen LogP) is 3.77. The van der Waals surface area contributed by atoms with E-state index in [1.165, 1.54) is 0 Å². The van der Waals surface area contributed by atoms with E-state index in [1.807, 2.05) is 36.0 Å². The standard InChI is InChI=1S/C16H26N2OS/c1-4-11-17-15-8-6-14(7-9-15)16(19)18-13(3)10-12-20-5-2/h6-9,13,17H,4-5,10-12H2,1-3H3,(H,18,19). The highest BCUT2D eigenvalue weighted by molar-refractivity contribution is 7.99. The predicted molar refractivity (Wildman–Crippen MR) is 89.8 cm³/mol. The van der Waals surface area contributed by atoms with Crippen molar-refractivity contribution in [3.8, 4) is 0 Å². The number of hydrogen-bond donors (Lipinski definition) is 2. The molecule has 2 N–H and O–H groups in total. The lowest BCUT2D eigenvalue weighted by atomic mass is 10.1. The van der Waals surface area contributed by atoms with Crippen molar-refractivity contribution in [2.45, 2.75) is 39.7 Å². The van der Waals surface area contributed by atoms with E-state index in [4.69, 9.17) is 0 Å². The molecule has 0 aliphatic carbocycles. The molecule has 112 valence electrons. The van der Waals surface area contributed by atoms with E-state index >= 15 is 0 Å². The van der Waals surface area contributed by atoms with Crippen LogP contribution >= 0.6 is 11.8 Å². The number of hydrogen-bond acceptors (Lipinski definition) is 3. The van der Waals surface area contributed by atoms with Gasteiger partial charge in [-0.05, 0) is 55.5 Å². The fourth-order valence-corrected chi connectivity index (χ4v) is 2.60. The molecule has 0 aliphatic heterocycles. The third-order valence-electron chi connectivity index (χ3n) is 3.00. The Morgan fingerprint density at radius 2 is 1.95 bits per heavy atom. The summed E-state index contributed by atoms with van der Waals surface area (Å²) in [4.78, 5) is 12.1. The molecule has 0 saturated heterocycles. The second-order valence-corrected chi connectivity index (χ2v) is 6.26. The summed E-state index contributed by atoms with van der Waals surface area (Å²) < 4.78 is 0. The lowest BCUT2D eigenvalue weighted by Crippen LogP contribution is -2.32. The molecule has 1 aromatic carbocycles. The number of amides is 1. The molecular formula is C16H26N2OS. The zero-order chi connectivity index (χ0) is 14.8. The fourth-order valence-electron chi connectivity index (χ4n) is 1.79. The Bertz CT molecular complexity index is 392. The molecule has 1 rings (SSSR count). The summed E-state index contributed by atoms with van der Waals surface area (Å²) in [5.74, 6) is 2.24. The topological polar surface area (TPSA) is 41.1 Å². The minimum atomic E-state index is 0.0149. The number of carbonyl (C=O) groups is 1. The van der Waals surface area contributed by atoms with Crippen molar-refractivity contribution in [3.05, 3.63) is 29.8 Å². The van der Waals surface area contributed by atoms with E-state index in [-0.39, 0.29) is 11.9 Å². The summed E-state index contributed by atoms with van der Waals surface area (Å²) >= 11 is 1.91. The van der Waals surface area contributed by atoms with E-state index in [9.17, 15) is 4.79 Å². The van der Waals surface area contributed by atoms with E-state index in [2.05, 4.69) is 31.4 Å². The minimum Gasteiger partial charge on any atom is -0.385 e. The molecule has 20 heavy (non-hydrogen) atoms. The van der Waals surface area contributed by atoms with Gasteiger partial charge in [0.05, 0.1) is 0 Å². The normalized spacial score (nSPS) is 11.9. The van der Waals surface area contributed by atoms with Crippen LogP contribution in [0.2, 0.25) is 0 Å². The SMILES string of the molecule is CCCNc1ccc(C(=O)NC(C)CCSCC)cc1. The average molecular weight is 294 g/mol. The molecule has 0 spiro atoms. The van der Waals surface area contributed by atoms with E-state index in [1.54, 1.807) is 0 Å². The van der Waals surface area contributed by atoms with Gasteiger partial charge in [0.1, 0.15) is 0 Å². The van der Waals surface area contributed by atoms with Crippen molar-refractivity contribution in [1.82, 2.24) is 5.32 Å². The molecule has 0 fully saturated rings. The molecule has 1 unspecified atom stereocenters. The largest absolute Gasteiger partial charge is 0.385 e. The number of thioether (sulfide) groups is 1. The summed E-state index contributed by atoms with van der Waals surface area (Å²) in [5, 5.41) is 6.35. The molecule has 1 atom stereocenters. The van der Waals surface area contributed by atoms with Gasteiger partial charge in [-0.3, -0.25) is 4.79 Å². The first kappa shape index (κ1) is 16.9. The van der Waals surface area contributed by atoms with Crippen LogP contribution in [0.5, 0.6) is 0 Å². The van der Waals surface area contributed by atoms with E-state index in [0.29, 0.717) is 0 Å². The molecule has 0 saturated carbocycles. The number of carbonyl (C=O) groups excluding carboxylic acids is 1. The second-order valence-electron chi connectivity index (χ2n) is 4.86. The summed E-state index contributed by atoms with van der Waals surface area (Å²) in [6.07, 6.45) is 2.11. The third-order valence-corrected chi connectivity index (χ3v) is 3.94. The van der Waals surface area contributed by atoms with Gasteiger partial charge in [-0.25, -0.2) is 0 Å². The Labute approximate surface area is 126 Å². The van der Waals surface area contributed by atoms with Crippen LogP contribution in [0, 0.1) is 0 Å². The van der Waals surface area contributed by atoms with Crippen LogP contribution in [-0.4, -0.2) is 30.0 Å². The Morgan fingerprint density at radius 1 is 1.25 bits per heavy atom. The maximum absolute atomic E-state index is 12.1. The average Bonchev–Trinajstić information content (AvgIpc) is 2.46. The summed E-state index contributed by atoms with van der Waals surface area (Å²) in [6, 6.07) is 7.89. The zero-order valence-corrected chi connectivity index (χ0v) is 13.6. The van der Waals surface area contributed by atoms with Gasteiger partial charge >= 0.3 is 0 Å². The summed E-state index contributed by atoms with van der Waals surface area (Å²) in [7, 11) is 0. The van der Waals surface area contributed by atoms with Gasteiger partial charge in [0.15, 0.2) is 0 Å². The van der Waals surface area contributed by atoms with Crippen LogP contribution in [0.1, 0.15) is 44.0 Å². The van der Waals surface area contributed by atoms with Crippen LogP contribution < -0.4 is 10.6 Å².